The molecule has 0 saturated carbocycles. The van der Waals surface area contributed by atoms with E-state index in [-0.39, 0.29) is 5.91 Å². The molecule has 1 unspecified atom stereocenters. The quantitative estimate of drug-likeness (QED) is 0.887. The molecule has 1 amide bonds. The second-order valence-corrected chi connectivity index (χ2v) is 5.30. The molecule has 0 radical (unpaired) electrons. The topological polar surface area (TPSA) is 44.4 Å². The Morgan fingerprint density at radius 3 is 3.00 bits per heavy atom. The molecule has 0 spiro atoms. The number of nitrogens with one attached hydrogen (secondary N) is 2. The van der Waals surface area contributed by atoms with E-state index >= 15 is 0 Å². The first-order chi connectivity index (χ1) is 9.19. The highest BCUT2D eigenvalue weighted by Gasteiger charge is 2.20. The van der Waals surface area contributed by atoms with Gasteiger partial charge in [-0.15, -0.1) is 0 Å². The maximum Gasteiger partial charge on any atom is 0.238 e. The summed E-state index contributed by atoms with van der Waals surface area (Å²) in [6, 6.07) is 7.78. The maximum atomic E-state index is 12.0. The van der Waals surface area contributed by atoms with E-state index in [1.165, 1.54) is 6.42 Å². The predicted molar refractivity (Wildman–Crippen MR) is 78.6 cm³/mol. The van der Waals surface area contributed by atoms with Gasteiger partial charge in [-0.2, -0.15) is 0 Å². The van der Waals surface area contributed by atoms with E-state index in [0.29, 0.717) is 23.3 Å². The van der Waals surface area contributed by atoms with Crippen LogP contribution < -0.4 is 10.6 Å². The van der Waals surface area contributed by atoms with Gasteiger partial charge < -0.3 is 10.6 Å². The fourth-order valence-corrected chi connectivity index (χ4v) is 2.57. The Kier molecular flexibility index (Phi) is 5.19. The minimum absolute atomic E-state index is 0.00940. The van der Waals surface area contributed by atoms with E-state index in [9.17, 15) is 4.79 Å². The summed E-state index contributed by atoms with van der Waals surface area (Å²) < 4.78 is 0. The van der Waals surface area contributed by atoms with Gasteiger partial charge in [0.2, 0.25) is 5.91 Å². The fraction of sp³-hybridized carbons (Fsp3) is 0.500. The van der Waals surface area contributed by atoms with Crippen LogP contribution in [0.1, 0.15) is 12.8 Å². The molecule has 1 saturated heterocycles. The summed E-state index contributed by atoms with van der Waals surface area (Å²) >= 11 is 6.02. The number of rotatable bonds is 4. The van der Waals surface area contributed by atoms with Gasteiger partial charge in [0, 0.05) is 12.6 Å². The first-order valence-electron chi connectivity index (χ1n) is 6.63. The average Bonchev–Trinajstić information content (AvgIpc) is 2.41. The van der Waals surface area contributed by atoms with Gasteiger partial charge in [-0.05, 0) is 38.6 Å². The van der Waals surface area contributed by atoms with Crippen LogP contribution in [0.15, 0.2) is 24.3 Å². The van der Waals surface area contributed by atoms with Gasteiger partial charge in [0.15, 0.2) is 0 Å². The third kappa shape index (κ3) is 4.20. The zero-order valence-corrected chi connectivity index (χ0v) is 11.9. The minimum atomic E-state index is -0.00940. The van der Waals surface area contributed by atoms with Crippen molar-refractivity contribution in [1.82, 2.24) is 10.2 Å². The van der Waals surface area contributed by atoms with Crippen LogP contribution in [0.4, 0.5) is 5.69 Å². The van der Waals surface area contributed by atoms with Crippen molar-refractivity contribution in [2.45, 2.75) is 18.9 Å². The highest BCUT2D eigenvalue weighted by molar-refractivity contribution is 6.33. The average molecular weight is 282 g/mol. The third-order valence-corrected chi connectivity index (χ3v) is 3.76. The SMILES string of the molecule is CNC1CCCN(CC(=O)Nc2ccccc2Cl)C1. The number of benzene rings is 1. The molecule has 1 aliphatic heterocycles. The van der Waals surface area contributed by atoms with Crippen LogP contribution in [-0.2, 0) is 4.79 Å². The summed E-state index contributed by atoms with van der Waals surface area (Å²) in [6.45, 7) is 2.32. The first-order valence-corrected chi connectivity index (χ1v) is 7.01. The lowest BCUT2D eigenvalue weighted by Crippen LogP contribution is -2.46. The molecule has 1 aromatic rings. The zero-order chi connectivity index (χ0) is 13.7. The van der Waals surface area contributed by atoms with Gasteiger partial charge in [0.25, 0.3) is 0 Å². The first kappa shape index (κ1) is 14.3. The predicted octanol–water partition coefficient (Wildman–Crippen LogP) is 1.96. The lowest BCUT2D eigenvalue weighted by atomic mass is 10.1. The highest BCUT2D eigenvalue weighted by Crippen LogP contribution is 2.20. The Bertz CT molecular complexity index is 438. The Labute approximate surface area is 119 Å². The van der Waals surface area contributed by atoms with E-state index in [4.69, 9.17) is 11.6 Å². The van der Waals surface area contributed by atoms with Crippen LogP contribution in [0.2, 0.25) is 5.02 Å². The zero-order valence-electron chi connectivity index (χ0n) is 11.2. The molecule has 1 aliphatic rings. The Balaban J connectivity index is 1.86. The molecule has 0 bridgehead atoms. The van der Waals surface area contributed by atoms with Gasteiger partial charge in [-0.25, -0.2) is 0 Å². The van der Waals surface area contributed by atoms with E-state index in [0.717, 1.165) is 19.5 Å². The number of nitrogens with zero attached hydrogens (tertiary/aromatic N) is 1. The van der Waals surface area contributed by atoms with E-state index in [1.54, 1.807) is 6.07 Å². The lowest BCUT2D eigenvalue weighted by Gasteiger charge is -2.31. The number of para-hydroxylation sites is 1. The molecule has 1 aromatic carbocycles. The molecular weight excluding hydrogens is 262 g/mol. The normalized spacial score (nSPS) is 20.2. The highest BCUT2D eigenvalue weighted by atomic mass is 35.5. The maximum absolute atomic E-state index is 12.0. The summed E-state index contributed by atoms with van der Waals surface area (Å²) in [7, 11) is 1.97. The summed E-state index contributed by atoms with van der Waals surface area (Å²) in [4.78, 5) is 14.2. The standard InChI is InChI=1S/C14H20ClN3O/c1-16-11-5-4-8-18(9-11)10-14(19)17-13-7-3-2-6-12(13)15/h2-3,6-7,11,16H,4-5,8-10H2,1H3,(H,17,19). The van der Waals surface area contributed by atoms with Gasteiger partial charge in [0.05, 0.1) is 17.3 Å². The number of halogens is 1. The number of likely N-dealkylation sites (tertiary alicyclic amines) is 1. The summed E-state index contributed by atoms with van der Waals surface area (Å²) in [5.74, 6) is -0.00940. The number of anilines is 1. The van der Waals surface area contributed by atoms with Crippen molar-refractivity contribution >= 4 is 23.2 Å². The van der Waals surface area contributed by atoms with Gasteiger partial charge >= 0.3 is 0 Å². The van der Waals surface area contributed by atoms with Crippen molar-refractivity contribution in [2.24, 2.45) is 0 Å². The van der Waals surface area contributed by atoms with Crippen LogP contribution in [0.3, 0.4) is 0 Å². The number of carbonyl (C=O) groups excluding carboxylic acids is 1. The number of amides is 1. The van der Waals surface area contributed by atoms with E-state index < -0.39 is 0 Å². The van der Waals surface area contributed by atoms with Crippen LogP contribution >= 0.6 is 11.6 Å². The number of likely N-dealkylation sites (N-methyl/N-ethyl adjacent to an activating group) is 1. The molecular formula is C14H20ClN3O. The smallest absolute Gasteiger partial charge is 0.238 e. The molecule has 5 heteroatoms. The second kappa shape index (κ2) is 6.89. The van der Waals surface area contributed by atoms with Crippen molar-refractivity contribution in [3.63, 3.8) is 0 Å². The molecule has 4 nitrogen and oxygen atoms in total. The molecule has 19 heavy (non-hydrogen) atoms. The monoisotopic (exact) mass is 281 g/mol. The summed E-state index contributed by atoms with van der Waals surface area (Å²) in [5.41, 5.74) is 0.677. The molecule has 1 fully saturated rings. The van der Waals surface area contributed by atoms with Gasteiger partial charge in [0.1, 0.15) is 0 Å². The fourth-order valence-electron chi connectivity index (χ4n) is 2.39. The summed E-state index contributed by atoms with van der Waals surface area (Å²) in [5, 5.41) is 6.70. The van der Waals surface area contributed by atoms with Crippen LogP contribution in [0, 0.1) is 0 Å². The van der Waals surface area contributed by atoms with Gasteiger partial charge in [-0.3, -0.25) is 9.69 Å². The number of hydrogen-bond acceptors (Lipinski definition) is 3. The third-order valence-electron chi connectivity index (χ3n) is 3.43. The van der Waals surface area contributed by atoms with E-state index in [2.05, 4.69) is 15.5 Å². The Hall–Kier alpha value is -1.10. The van der Waals surface area contributed by atoms with E-state index in [1.807, 2.05) is 25.2 Å². The Morgan fingerprint density at radius 1 is 1.47 bits per heavy atom. The largest absolute Gasteiger partial charge is 0.324 e. The van der Waals surface area contributed by atoms with Crippen LogP contribution in [-0.4, -0.2) is 43.5 Å². The molecule has 2 rings (SSSR count). The molecule has 104 valence electrons. The van der Waals surface area contributed by atoms with Crippen molar-refractivity contribution in [3.8, 4) is 0 Å². The van der Waals surface area contributed by atoms with Crippen LogP contribution in [0.5, 0.6) is 0 Å². The minimum Gasteiger partial charge on any atom is -0.324 e. The van der Waals surface area contributed by atoms with Gasteiger partial charge in [-0.1, -0.05) is 23.7 Å². The number of carbonyl (C=O) groups is 1. The van der Waals surface area contributed by atoms with Crippen molar-refractivity contribution in [1.29, 1.82) is 0 Å². The van der Waals surface area contributed by atoms with Crippen molar-refractivity contribution in [3.05, 3.63) is 29.3 Å². The molecule has 2 N–H and O–H groups in total. The second-order valence-electron chi connectivity index (χ2n) is 4.89. The molecule has 0 aromatic heterocycles. The lowest BCUT2D eigenvalue weighted by molar-refractivity contribution is -0.117. The molecule has 0 aliphatic carbocycles. The Morgan fingerprint density at radius 2 is 2.26 bits per heavy atom. The summed E-state index contributed by atoms with van der Waals surface area (Å²) in [6.07, 6.45) is 2.31. The molecule has 1 atom stereocenters. The number of piperidine rings is 1. The van der Waals surface area contributed by atoms with Crippen molar-refractivity contribution in [2.75, 3.05) is 32.0 Å². The number of hydrogen-bond donors (Lipinski definition) is 2. The van der Waals surface area contributed by atoms with Crippen LogP contribution in [0.25, 0.3) is 0 Å². The van der Waals surface area contributed by atoms with Crippen molar-refractivity contribution < 1.29 is 4.79 Å². The molecule has 1 heterocycles.